The Kier molecular flexibility index (Phi) is 6.68. The minimum Gasteiger partial charge on any atom is -0.355 e. The Morgan fingerprint density at radius 1 is 1.19 bits per heavy atom. The fourth-order valence-electron chi connectivity index (χ4n) is 3.25. The number of halogens is 2. The van der Waals surface area contributed by atoms with Crippen LogP contribution in [0.5, 0.6) is 0 Å². The first-order valence-electron chi connectivity index (χ1n) is 10.5. The van der Waals surface area contributed by atoms with E-state index in [4.69, 9.17) is 0 Å². The van der Waals surface area contributed by atoms with Gasteiger partial charge in [0.2, 0.25) is 17.8 Å². The first kappa shape index (κ1) is 22.2. The van der Waals surface area contributed by atoms with E-state index in [1.165, 1.54) is 23.9 Å². The Hall–Kier alpha value is -3.02. The number of anilines is 2. The molecule has 170 valence electrons. The number of fused-ring (bicyclic) bond motifs is 1. The molecule has 0 atom stereocenters. The third-order valence-corrected chi connectivity index (χ3v) is 5.82. The molecule has 0 aliphatic heterocycles. The molecule has 0 bridgehead atoms. The average molecular weight is 463 g/mol. The van der Waals surface area contributed by atoms with Crippen LogP contribution in [0.25, 0.3) is 5.78 Å². The van der Waals surface area contributed by atoms with Crippen LogP contribution in [0.3, 0.4) is 0 Å². The molecular formula is C20H24F2N8OS. The van der Waals surface area contributed by atoms with E-state index < -0.39 is 11.6 Å². The summed E-state index contributed by atoms with van der Waals surface area (Å²) in [4.78, 5) is 23.4. The lowest BCUT2D eigenvalue weighted by molar-refractivity contribution is -0.129. The van der Waals surface area contributed by atoms with Gasteiger partial charge in [0.15, 0.2) is 5.16 Å². The van der Waals surface area contributed by atoms with Gasteiger partial charge in [-0.2, -0.15) is 9.97 Å². The van der Waals surface area contributed by atoms with Gasteiger partial charge >= 0.3 is 0 Å². The second-order valence-corrected chi connectivity index (χ2v) is 8.27. The molecule has 0 saturated heterocycles. The number of rotatable bonds is 10. The summed E-state index contributed by atoms with van der Waals surface area (Å²) >= 11 is 1.22. The number of benzene rings is 1. The summed E-state index contributed by atoms with van der Waals surface area (Å²) in [5.74, 6) is 0.00503. The zero-order valence-electron chi connectivity index (χ0n) is 17.8. The molecule has 3 aromatic rings. The van der Waals surface area contributed by atoms with Crippen LogP contribution >= 0.6 is 11.8 Å². The molecule has 1 amide bonds. The molecule has 0 spiro atoms. The van der Waals surface area contributed by atoms with Gasteiger partial charge in [0.1, 0.15) is 11.6 Å². The van der Waals surface area contributed by atoms with E-state index in [-0.39, 0.29) is 24.2 Å². The Balaban J connectivity index is 1.51. The number of hydrogen-bond donors (Lipinski definition) is 2. The van der Waals surface area contributed by atoms with E-state index in [9.17, 15) is 13.6 Å². The minimum absolute atomic E-state index is 0.0750. The highest BCUT2D eigenvalue weighted by Gasteiger charge is 2.33. The second-order valence-electron chi connectivity index (χ2n) is 7.33. The maximum absolute atomic E-state index is 14.1. The van der Waals surface area contributed by atoms with E-state index in [0.29, 0.717) is 41.5 Å². The summed E-state index contributed by atoms with van der Waals surface area (Å²) in [7, 11) is 0. The smallest absolute Gasteiger partial charge is 0.261 e. The number of carbonyl (C=O) groups is 1. The van der Waals surface area contributed by atoms with Crippen LogP contribution < -0.4 is 10.6 Å². The molecule has 0 unspecified atom stereocenters. The van der Waals surface area contributed by atoms with Gasteiger partial charge in [0.05, 0.1) is 5.75 Å². The van der Waals surface area contributed by atoms with Crippen LogP contribution in [0, 0.1) is 11.6 Å². The quantitative estimate of drug-likeness (QED) is 0.444. The molecular weight excluding hydrogens is 438 g/mol. The van der Waals surface area contributed by atoms with Crippen molar-refractivity contribution in [3.8, 4) is 0 Å². The molecule has 32 heavy (non-hydrogen) atoms. The molecule has 1 aliphatic carbocycles. The Bertz CT molecular complexity index is 1120. The normalized spacial score (nSPS) is 13.4. The van der Waals surface area contributed by atoms with Crippen molar-refractivity contribution >= 4 is 35.3 Å². The summed E-state index contributed by atoms with van der Waals surface area (Å²) in [6.07, 6.45) is 1.75. The van der Waals surface area contributed by atoms with Gasteiger partial charge in [-0.3, -0.25) is 4.79 Å². The Labute approximate surface area is 188 Å². The minimum atomic E-state index is -0.650. The van der Waals surface area contributed by atoms with Gasteiger partial charge in [-0.15, -0.1) is 10.2 Å². The van der Waals surface area contributed by atoms with Crippen molar-refractivity contribution in [2.24, 2.45) is 0 Å². The van der Waals surface area contributed by atoms with Crippen LogP contribution in [0.1, 0.15) is 32.3 Å². The summed E-state index contributed by atoms with van der Waals surface area (Å²) in [6, 6.07) is 3.50. The number of carbonyl (C=O) groups excluding carboxylic acids is 1. The van der Waals surface area contributed by atoms with Crippen molar-refractivity contribution in [3.05, 3.63) is 35.4 Å². The lowest BCUT2D eigenvalue weighted by atomic mass is 10.2. The van der Waals surface area contributed by atoms with Crippen LogP contribution in [0.4, 0.5) is 20.7 Å². The monoisotopic (exact) mass is 462 g/mol. The van der Waals surface area contributed by atoms with Crippen LogP contribution in [-0.4, -0.2) is 60.3 Å². The number of nitrogens with one attached hydrogen (secondary N) is 2. The van der Waals surface area contributed by atoms with Crippen LogP contribution in [0.2, 0.25) is 0 Å². The van der Waals surface area contributed by atoms with E-state index >= 15 is 0 Å². The van der Waals surface area contributed by atoms with Gasteiger partial charge in [-0.25, -0.2) is 13.2 Å². The fourth-order valence-corrected chi connectivity index (χ4v) is 4.06. The van der Waals surface area contributed by atoms with Crippen molar-refractivity contribution < 1.29 is 13.6 Å². The molecule has 12 heteroatoms. The maximum Gasteiger partial charge on any atom is 0.261 e. The molecule has 2 N–H and O–H groups in total. The predicted molar refractivity (Wildman–Crippen MR) is 118 cm³/mol. The molecule has 2 aromatic heterocycles. The third-order valence-electron chi connectivity index (χ3n) is 4.90. The predicted octanol–water partition coefficient (Wildman–Crippen LogP) is 2.94. The van der Waals surface area contributed by atoms with Gasteiger partial charge in [0.25, 0.3) is 5.78 Å². The Morgan fingerprint density at radius 3 is 2.66 bits per heavy atom. The molecule has 9 nitrogen and oxygen atoms in total. The molecule has 0 radical (unpaired) electrons. The zero-order chi connectivity index (χ0) is 22.7. The molecule has 1 saturated carbocycles. The van der Waals surface area contributed by atoms with Gasteiger partial charge in [0, 0.05) is 37.3 Å². The summed E-state index contributed by atoms with van der Waals surface area (Å²) in [5, 5.41) is 15.0. The van der Waals surface area contributed by atoms with Crippen molar-refractivity contribution in [2.45, 2.75) is 44.4 Å². The van der Waals surface area contributed by atoms with Crippen LogP contribution in [0.15, 0.2) is 23.4 Å². The van der Waals surface area contributed by atoms with E-state index in [1.54, 1.807) is 9.30 Å². The standard InChI is InChI=1S/C20H24F2N8OS/c1-3-23-17-25-18(24-4-2)30-19(26-17)27-28-20(30)32-11-16(31)29(14-7-8-14)10-12-5-6-13(21)9-15(12)22/h5-6,9,14H,3-4,7-8,10-11H2,1-2H3,(H2,23,24,25,26,27). The molecule has 1 fully saturated rings. The van der Waals surface area contributed by atoms with Crippen LogP contribution in [-0.2, 0) is 11.3 Å². The number of hydrogen-bond acceptors (Lipinski definition) is 8. The maximum atomic E-state index is 14.1. The summed E-state index contributed by atoms with van der Waals surface area (Å²) in [5.41, 5.74) is 0.295. The van der Waals surface area contributed by atoms with Gasteiger partial charge < -0.3 is 15.5 Å². The topological polar surface area (TPSA) is 100 Å². The van der Waals surface area contributed by atoms with Crippen molar-refractivity contribution in [2.75, 3.05) is 29.5 Å². The summed E-state index contributed by atoms with van der Waals surface area (Å²) < 4.78 is 29.0. The molecule has 4 rings (SSSR count). The molecule has 1 aliphatic rings. The highest BCUT2D eigenvalue weighted by atomic mass is 32.2. The second kappa shape index (κ2) is 9.63. The number of aromatic nitrogens is 5. The van der Waals surface area contributed by atoms with Crippen molar-refractivity contribution in [1.82, 2.24) is 29.5 Å². The number of nitrogens with zero attached hydrogens (tertiary/aromatic N) is 6. The lowest BCUT2D eigenvalue weighted by Crippen LogP contribution is -2.34. The fraction of sp³-hybridized carbons (Fsp3) is 0.450. The largest absolute Gasteiger partial charge is 0.355 e. The zero-order valence-corrected chi connectivity index (χ0v) is 18.6. The Morgan fingerprint density at radius 2 is 1.97 bits per heavy atom. The van der Waals surface area contributed by atoms with Gasteiger partial charge in [-0.1, -0.05) is 17.8 Å². The van der Waals surface area contributed by atoms with Gasteiger partial charge in [-0.05, 0) is 32.8 Å². The average Bonchev–Trinajstić information content (AvgIpc) is 3.51. The van der Waals surface area contributed by atoms with E-state index in [1.807, 2.05) is 13.8 Å². The first-order chi connectivity index (χ1) is 15.5. The number of amides is 1. The molecule has 2 heterocycles. The number of thioether (sulfide) groups is 1. The highest BCUT2D eigenvalue weighted by molar-refractivity contribution is 7.99. The van der Waals surface area contributed by atoms with Crippen molar-refractivity contribution in [1.29, 1.82) is 0 Å². The SMILES string of the molecule is CCNc1nc(NCC)n2c(SCC(=O)N(Cc3ccc(F)cc3F)C3CC3)nnc2n1. The third kappa shape index (κ3) is 4.90. The highest BCUT2D eigenvalue weighted by Crippen LogP contribution is 2.30. The summed E-state index contributed by atoms with van der Waals surface area (Å²) in [6.45, 7) is 5.30. The first-order valence-corrected chi connectivity index (χ1v) is 11.5. The lowest BCUT2D eigenvalue weighted by Gasteiger charge is -2.22. The van der Waals surface area contributed by atoms with E-state index in [0.717, 1.165) is 18.9 Å². The van der Waals surface area contributed by atoms with Crippen molar-refractivity contribution in [3.63, 3.8) is 0 Å². The molecule has 1 aromatic carbocycles. The van der Waals surface area contributed by atoms with E-state index in [2.05, 4.69) is 30.8 Å².